The molecule has 9 N–H and O–H groups in total. The van der Waals surface area contributed by atoms with Crippen LogP contribution in [0.15, 0.2) is 28.2 Å². The van der Waals surface area contributed by atoms with Gasteiger partial charge in [-0.3, -0.25) is 9.59 Å². The van der Waals surface area contributed by atoms with E-state index < -0.39 is 35.5 Å². The first-order chi connectivity index (χ1) is 18.4. The molecule has 2 fully saturated rings. The van der Waals surface area contributed by atoms with E-state index in [4.69, 9.17) is 16.2 Å². The molecule has 0 aromatic heterocycles. The number of para-hydroxylation sites is 1. The lowest BCUT2D eigenvalue weighted by molar-refractivity contribution is -0.230. The third kappa shape index (κ3) is 3.97. The molecule has 13 heteroatoms. The number of aliphatic hydroxyl groups is 2. The molecule has 1 aromatic carbocycles. The van der Waals surface area contributed by atoms with Gasteiger partial charge in [-0.15, -0.1) is 0 Å². The molecule has 0 radical (unpaired) electrons. The Balaban J connectivity index is 1.26. The van der Waals surface area contributed by atoms with Gasteiger partial charge < -0.3 is 47.3 Å². The van der Waals surface area contributed by atoms with Crippen molar-refractivity contribution in [2.45, 2.75) is 74.5 Å². The molecule has 3 unspecified atom stereocenters. The van der Waals surface area contributed by atoms with E-state index in [1.807, 2.05) is 6.07 Å². The van der Waals surface area contributed by atoms with Crippen molar-refractivity contribution in [3.8, 4) is 5.75 Å². The van der Waals surface area contributed by atoms with E-state index in [2.05, 4.69) is 39.8 Å². The van der Waals surface area contributed by atoms with Crippen LogP contribution in [0, 0.1) is 5.92 Å². The number of ether oxygens (including phenoxy) is 1. The summed E-state index contributed by atoms with van der Waals surface area (Å²) in [6.45, 7) is 4.70. The van der Waals surface area contributed by atoms with Crippen molar-refractivity contribution in [3.05, 3.63) is 29.3 Å². The Morgan fingerprint density at radius 2 is 2.00 bits per heavy atom. The van der Waals surface area contributed by atoms with Gasteiger partial charge in [0.25, 0.3) is 5.91 Å². The Hall–Kier alpha value is -3.58. The van der Waals surface area contributed by atoms with E-state index in [1.54, 1.807) is 12.1 Å². The van der Waals surface area contributed by atoms with Crippen LogP contribution in [0.4, 0.5) is 0 Å². The zero-order valence-corrected chi connectivity index (χ0v) is 22.1. The maximum atomic E-state index is 13.5. The number of amides is 2. The fraction of sp³-hybridized carbons (Fsp3) is 0.615. The average Bonchev–Trinajstić information content (AvgIpc) is 3.56. The van der Waals surface area contributed by atoms with Crippen molar-refractivity contribution in [1.29, 1.82) is 0 Å². The molecule has 13 nitrogen and oxygen atoms in total. The summed E-state index contributed by atoms with van der Waals surface area (Å²) in [5.41, 5.74) is 11.7. The van der Waals surface area contributed by atoms with Crippen LogP contribution in [0.3, 0.4) is 0 Å². The molecule has 5 aliphatic rings. The maximum absolute atomic E-state index is 13.5. The number of nitrogens with zero attached hydrogens (tertiary/aromatic N) is 3. The van der Waals surface area contributed by atoms with Crippen LogP contribution >= 0.6 is 0 Å². The van der Waals surface area contributed by atoms with E-state index in [0.29, 0.717) is 30.3 Å². The third-order valence-electron chi connectivity index (χ3n) is 8.75. The molecule has 4 aliphatic heterocycles. The Morgan fingerprint density at radius 3 is 2.74 bits per heavy atom. The van der Waals surface area contributed by atoms with E-state index in [0.717, 1.165) is 24.8 Å². The second-order valence-electron chi connectivity index (χ2n) is 11.9. The zero-order valence-electron chi connectivity index (χ0n) is 22.1. The lowest BCUT2D eigenvalue weighted by Crippen LogP contribution is -2.78. The van der Waals surface area contributed by atoms with Gasteiger partial charge >= 0.3 is 0 Å². The Labute approximate surface area is 226 Å². The van der Waals surface area contributed by atoms with Crippen LogP contribution in [0.25, 0.3) is 0 Å². The summed E-state index contributed by atoms with van der Waals surface area (Å²) in [7, 11) is 0. The largest absolute Gasteiger partial charge is 0.492 e. The number of nitrogens with two attached hydrogens (primary N) is 2. The summed E-state index contributed by atoms with van der Waals surface area (Å²) in [6, 6.07) is 2.60. The molecule has 6 rings (SSSR count). The molecule has 210 valence electrons. The molecule has 1 aliphatic carbocycles. The molecule has 0 bridgehead atoms. The quantitative estimate of drug-likeness (QED) is 0.208. The van der Waals surface area contributed by atoms with Crippen LogP contribution in [0.2, 0.25) is 0 Å². The molecular formula is C26H36N8O5. The Bertz CT molecular complexity index is 1270. The lowest BCUT2D eigenvalue weighted by atomic mass is 9.79. The summed E-state index contributed by atoms with van der Waals surface area (Å²) in [4.78, 5) is 36.3. The van der Waals surface area contributed by atoms with Gasteiger partial charge in [0.1, 0.15) is 17.8 Å². The number of carbonyl (C=O) groups excluding carboxylic acids is 2. The zero-order chi connectivity index (χ0) is 27.7. The van der Waals surface area contributed by atoms with Gasteiger partial charge in [0.15, 0.2) is 17.6 Å². The number of benzene rings is 1. The van der Waals surface area contributed by atoms with Gasteiger partial charge in [-0.1, -0.05) is 26.0 Å². The molecule has 1 spiro atoms. The normalized spacial score (nSPS) is 31.5. The first-order valence-corrected chi connectivity index (χ1v) is 13.4. The minimum absolute atomic E-state index is 0.0172. The number of hydrogen-bond donors (Lipinski definition) is 7. The van der Waals surface area contributed by atoms with E-state index in [1.165, 1.54) is 4.90 Å². The highest BCUT2D eigenvalue weighted by Crippen LogP contribution is 2.45. The Morgan fingerprint density at radius 1 is 1.23 bits per heavy atom. The van der Waals surface area contributed by atoms with Crippen LogP contribution in [-0.4, -0.2) is 88.1 Å². The highest BCUT2D eigenvalue weighted by molar-refractivity contribution is 5.98. The second-order valence-corrected chi connectivity index (χ2v) is 11.9. The van der Waals surface area contributed by atoms with Gasteiger partial charge in [0, 0.05) is 25.1 Å². The minimum atomic E-state index is -2.57. The second kappa shape index (κ2) is 8.71. The maximum Gasteiger partial charge on any atom is 0.255 e. The number of carbonyl (C=O) groups is 2. The number of aliphatic imine (C=N–C) groups is 2. The number of hydrogen-bond acceptors (Lipinski definition) is 11. The van der Waals surface area contributed by atoms with Crippen LogP contribution in [0.1, 0.15) is 55.5 Å². The van der Waals surface area contributed by atoms with Gasteiger partial charge in [0.2, 0.25) is 11.7 Å². The number of rotatable bonds is 6. The van der Waals surface area contributed by atoms with Gasteiger partial charge in [-0.25, -0.2) is 9.98 Å². The predicted molar refractivity (Wildman–Crippen MR) is 142 cm³/mol. The fourth-order valence-corrected chi connectivity index (χ4v) is 6.31. The first kappa shape index (κ1) is 25.7. The van der Waals surface area contributed by atoms with Crippen molar-refractivity contribution in [2.24, 2.45) is 27.4 Å². The van der Waals surface area contributed by atoms with E-state index in [-0.39, 0.29) is 36.3 Å². The molecule has 1 saturated carbocycles. The monoisotopic (exact) mass is 540 g/mol. The standard InChI is InChI=1S/C26H36N8O5/c1-24(2)8-9-39-19-14(4-3-5-15(19)24)21(36)31-17-12-34-23(28)30-16(11-29-18(35)10-13-6-7-13)20-25(34,26(17,37)38)33-22(27)32-20/h3-5,13,16-17,20,37-38H,6-12H2,1-2H3,(H2,28,30)(H,29,35)(H,31,36)(H3,27,32,33)/t16-,17?,20?,25?/m0/s1. The summed E-state index contributed by atoms with van der Waals surface area (Å²) >= 11 is 0. The van der Waals surface area contributed by atoms with E-state index >= 15 is 0 Å². The van der Waals surface area contributed by atoms with Crippen LogP contribution in [-0.2, 0) is 10.2 Å². The highest BCUT2D eigenvalue weighted by atomic mass is 16.5. The molecular weight excluding hydrogens is 504 g/mol. The summed E-state index contributed by atoms with van der Waals surface area (Å²) in [5.74, 6) is -2.26. The summed E-state index contributed by atoms with van der Waals surface area (Å²) in [5, 5.41) is 31.9. The molecule has 2 amide bonds. The van der Waals surface area contributed by atoms with Gasteiger partial charge in [0.05, 0.1) is 18.2 Å². The van der Waals surface area contributed by atoms with Crippen LogP contribution < -0.4 is 32.2 Å². The van der Waals surface area contributed by atoms with Crippen LogP contribution in [0.5, 0.6) is 5.75 Å². The van der Waals surface area contributed by atoms with E-state index in [9.17, 15) is 19.8 Å². The van der Waals surface area contributed by atoms with Crippen molar-refractivity contribution >= 4 is 23.7 Å². The number of nitrogens with one attached hydrogen (secondary N) is 3. The smallest absolute Gasteiger partial charge is 0.255 e. The molecule has 1 aromatic rings. The highest BCUT2D eigenvalue weighted by Gasteiger charge is 2.73. The van der Waals surface area contributed by atoms with Crippen molar-refractivity contribution in [1.82, 2.24) is 20.9 Å². The van der Waals surface area contributed by atoms with Gasteiger partial charge in [-0.2, -0.15) is 0 Å². The minimum Gasteiger partial charge on any atom is -0.492 e. The Kier molecular flexibility index (Phi) is 5.74. The van der Waals surface area contributed by atoms with Crippen molar-refractivity contribution in [3.63, 3.8) is 0 Å². The SMILES string of the molecule is CC1(C)CCOc2c(C(=O)NC3CN4C(N)=N[C@@H](CNC(=O)CC5CC5)C5N=C(N)NC54C3(O)O)cccc21. The average molecular weight is 541 g/mol. The molecule has 4 heterocycles. The molecule has 4 atom stereocenters. The first-order valence-electron chi connectivity index (χ1n) is 13.4. The molecule has 1 saturated heterocycles. The fourth-order valence-electron chi connectivity index (χ4n) is 6.31. The predicted octanol–water partition coefficient (Wildman–Crippen LogP) is -1.56. The number of fused-ring (bicyclic) bond motifs is 1. The summed E-state index contributed by atoms with van der Waals surface area (Å²) < 4.78 is 5.89. The third-order valence-corrected chi connectivity index (χ3v) is 8.75. The molecule has 39 heavy (non-hydrogen) atoms. The number of guanidine groups is 2. The van der Waals surface area contributed by atoms with Gasteiger partial charge in [-0.05, 0) is 36.7 Å². The van der Waals surface area contributed by atoms with Crippen molar-refractivity contribution in [2.75, 3.05) is 19.7 Å². The lowest BCUT2D eigenvalue weighted by Gasteiger charge is -2.49. The summed E-state index contributed by atoms with van der Waals surface area (Å²) in [6.07, 6.45) is 3.36. The topological polar surface area (TPSA) is 200 Å². The van der Waals surface area contributed by atoms with Crippen molar-refractivity contribution < 1.29 is 24.5 Å².